The Labute approximate surface area is 366 Å². The van der Waals surface area contributed by atoms with E-state index in [9.17, 15) is 13.2 Å². The first-order chi connectivity index (χ1) is 25.8. The average molecular weight is 1240 g/mol. The summed E-state index contributed by atoms with van der Waals surface area (Å²) in [6.07, 6.45) is 8.25. The average Bonchev–Trinajstić information content (AvgIpc) is 3.85. The van der Waals surface area contributed by atoms with E-state index in [4.69, 9.17) is 9.81 Å². The molecule has 0 atom stereocenters. The van der Waals surface area contributed by atoms with Crippen molar-refractivity contribution in [2.45, 2.75) is 65.4 Å². The molecule has 0 unspecified atom stereocenters. The van der Waals surface area contributed by atoms with Crippen molar-refractivity contribution in [3.05, 3.63) is 59.9 Å². The van der Waals surface area contributed by atoms with Gasteiger partial charge in [-0.3, -0.25) is 14.3 Å². The Kier molecular flexibility index (Phi) is 25.0. The number of anilines is 1. The molecule has 5 aromatic rings. The SMILES string of the molecule is CC#CC(=O)CN=CNc1c(C#N)cnn1CCC.CC#Cc1nc2c3cnn(CCC)c3ncn2n1.CI.Cc1ccc(S(=O)(=O)O)cc1.[I][V]([I])[I]. The van der Waals surface area contributed by atoms with Crippen molar-refractivity contribution >= 4 is 127 Å². The number of nitrogens with zero attached hydrogens (tertiary/aromatic N) is 10. The van der Waals surface area contributed by atoms with Gasteiger partial charge in [0.2, 0.25) is 11.6 Å². The molecule has 0 aliphatic heterocycles. The van der Waals surface area contributed by atoms with Gasteiger partial charge in [0.25, 0.3) is 10.1 Å². The molecule has 0 spiro atoms. The van der Waals surface area contributed by atoms with E-state index in [-0.39, 0.29) is 22.1 Å². The zero-order valence-electron chi connectivity index (χ0n) is 30.2. The number of hydrogen-bond acceptors (Lipinski definition) is 10. The van der Waals surface area contributed by atoms with Crippen LogP contribution in [0.3, 0.4) is 0 Å². The quantitative estimate of drug-likeness (QED) is 0.0284. The molecular formula is C33H38I4N11O4SV. The number of fused-ring (bicyclic) bond motifs is 3. The summed E-state index contributed by atoms with van der Waals surface area (Å²) >= 11 is 9.54. The number of ketones is 1. The van der Waals surface area contributed by atoms with Gasteiger partial charge in [0.1, 0.15) is 30.3 Å². The summed E-state index contributed by atoms with van der Waals surface area (Å²) in [4.78, 5) is 25.4. The van der Waals surface area contributed by atoms with Crippen LogP contribution < -0.4 is 5.32 Å². The Morgan fingerprint density at radius 1 is 1.02 bits per heavy atom. The number of aliphatic imine (C=N–C) groups is 1. The van der Waals surface area contributed by atoms with Gasteiger partial charge in [-0.1, -0.05) is 66.0 Å². The molecule has 4 aromatic heterocycles. The molecule has 5 rings (SSSR count). The molecule has 0 bridgehead atoms. The van der Waals surface area contributed by atoms with E-state index < -0.39 is 10.1 Å². The van der Waals surface area contributed by atoms with Gasteiger partial charge >= 0.3 is 64.9 Å². The number of Topliss-reactive ketones (excluding diaryl/α,β-unsaturated/α-hetero) is 1. The number of aromatic nitrogens is 8. The van der Waals surface area contributed by atoms with E-state index in [1.165, 1.54) is 24.7 Å². The van der Waals surface area contributed by atoms with E-state index in [1.54, 1.807) is 47.7 Å². The summed E-state index contributed by atoms with van der Waals surface area (Å²) in [5.41, 5.74) is 2.99. The van der Waals surface area contributed by atoms with E-state index in [2.05, 4.69) is 149 Å². The number of nitriles is 1. The van der Waals surface area contributed by atoms with Crippen LogP contribution in [0, 0.1) is 41.9 Å². The van der Waals surface area contributed by atoms with Crippen LogP contribution in [0.4, 0.5) is 5.82 Å². The van der Waals surface area contributed by atoms with Crippen molar-refractivity contribution in [2.24, 2.45) is 4.99 Å². The molecule has 0 aliphatic carbocycles. The Bertz CT molecular complexity index is 2240. The van der Waals surface area contributed by atoms with Crippen molar-refractivity contribution in [1.82, 2.24) is 39.1 Å². The van der Waals surface area contributed by atoms with Crippen LogP contribution in [0.1, 0.15) is 57.5 Å². The van der Waals surface area contributed by atoms with Crippen molar-refractivity contribution in [2.75, 3.05) is 16.8 Å². The molecule has 54 heavy (non-hydrogen) atoms. The van der Waals surface area contributed by atoms with Gasteiger partial charge in [-0.2, -0.15) is 28.9 Å². The second kappa shape index (κ2) is 27.3. The predicted octanol–water partition coefficient (Wildman–Crippen LogP) is 7.40. The third-order valence-electron chi connectivity index (χ3n) is 6.15. The first-order valence-corrected chi connectivity index (χ1v) is 32.8. The fourth-order valence-corrected chi connectivity index (χ4v) is 4.52. The summed E-state index contributed by atoms with van der Waals surface area (Å²) in [5.74, 6) is 11.4. The van der Waals surface area contributed by atoms with Gasteiger partial charge in [-0.25, -0.2) is 18.9 Å². The molecule has 21 heteroatoms. The second-order valence-electron chi connectivity index (χ2n) is 10.1. The second-order valence-corrected chi connectivity index (χ2v) is 46.9. The molecule has 0 aliphatic rings. The van der Waals surface area contributed by atoms with Crippen LogP contribution in [-0.2, 0) is 32.9 Å². The summed E-state index contributed by atoms with van der Waals surface area (Å²) < 4.78 is 34.8. The summed E-state index contributed by atoms with van der Waals surface area (Å²) in [7, 11) is -4.02. The standard InChI is InChI=1S/C13H15N5O.C12H12N6.C7H8O3S.CH3I.3HI.V/c1-3-5-12(19)9-15-10-16-13-11(7-14)8-17-18(13)6-4-2;1-3-5-10-15-12-9-7-14-17(6-4-2)11(9)13-8-18(12)16-10;1-6-2-4-7(5-3-6)11(8,9)10;1-2;;;;/h8,10H,4,6,9H2,1-2H3,(H,15,16);7-8H,4,6H2,1-2H3;2-5H,1H3,(H,8,9,10);1H3;3*1H;/q;;;;;;;+3/p-3. The monoisotopic (exact) mass is 1240 g/mol. The number of benzene rings is 1. The molecule has 288 valence electrons. The van der Waals surface area contributed by atoms with Crippen molar-refractivity contribution < 1.29 is 22.7 Å². The third-order valence-corrected chi connectivity index (χ3v) is 7.02. The summed E-state index contributed by atoms with van der Waals surface area (Å²) in [6, 6.07) is 8.04. The van der Waals surface area contributed by atoms with Crippen LogP contribution in [0.25, 0.3) is 16.7 Å². The molecule has 0 saturated carbocycles. The Morgan fingerprint density at radius 3 is 2.19 bits per heavy atom. The molecule has 0 fully saturated rings. The summed E-state index contributed by atoms with van der Waals surface area (Å²) in [6.45, 7) is 10.9. The zero-order chi connectivity index (χ0) is 40.7. The van der Waals surface area contributed by atoms with Gasteiger partial charge in [0.15, 0.2) is 11.3 Å². The third kappa shape index (κ3) is 17.6. The van der Waals surface area contributed by atoms with Crippen LogP contribution in [0.5, 0.6) is 0 Å². The van der Waals surface area contributed by atoms with Crippen LogP contribution >= 0.6 is 82.5 Å². The first kappa shape index (κ1) is 49.6. The van der Waals surface area contributed by atoms with E-state index >= 15 is 0 Å². The van der Waals surface area contributed by atoms with Crippen LogP contribution in [0.15, 0.2) is 52.9 Å². The first-order valence-electron chi connectivity index (χ1n) is 15.6. The number of halogens is 4. The number of hydrogen-bond donors (Lipinski definition) is 2. The molecule has 0 saturated heterocycles. The van der Waals surface area contributed by atoms with Crippen molar-refractivity contribution in [3.63, 3.8) is 0 Å². The predicted molar refractivity (Wildman–Crippen MR) is 243 cm³/mol. The normalized spacial score (nSPS) is 10.1. The molecular weight excluding hydrogens is 1210 g/mol. The minimum absolute atomic E-state index is 0.00234. The Morgan fingerprint density at radius 2 is 1.63 bits per heavy atom. The van der Waals surface area contributed by atoms with E-state index in [0.717, 1.165) is 41.6 Å². The summed E-state index contributed by atoms with van der Waals surface area (Å²) in [5, 5.41) is 25.4. The minimum atomic E-state index is -4.02. The van der Waals surface area contributed by atoms with Gasteiger partial charge in [-0.15, -0.1) is 5.10 Å². The van der Waals surface area contributed by atoms with Crippen LogP contribution in [0.2, 0.25) is 0 Å². The van der Waals surface area contributed by atoms with Crippen molar-refractivity contribution in [1.29, 1.82) is 5.26 Å². The number of aryl methyl sites for hydroxylation is 3. The topological polar surface area (TPSA) is 198 Å². The van der Waals surface area contributed by atoms with Crippen LogP contribution in [-0.4, -0.2) is 75.7 Å². The van der Waals surface area contributed by atoms with E-state index in [1.807, 2.05) is 29.5 Å². The molecule has 1 aromatic carbocycles. The van der Waals surface area contributed by atoms with Gasteiger partial charge in [0, 0.05) is 13.1 Å². The zero-order valence-corrected chi connectivity index (χ0v) is 41.0. The number of alkyl halides is 1. The molecule has 4 heterocycles. The van der Waals surface area contributed by atoms with Gasteiger partial charge in [0.05, 0.1) is 29.0 Å². The van der Waals surface area contributed by atoms with Gasteiger partial charge in [-0.05, 0) is 62.5 Å². The molecule has 0 radical (unpaired) electrons. The fourth-order valence-electron chi connectivity index (χ4n) is 4.04. The van der Waals surface area contributed by atoms with Crippen molar-refractivity contribution in [3.8, 4) is 29.8 Å². The Hall–Kier alpha value is -2.39. The number of carbonyl (C=O) groups excluding carboxylic acids is 1. The number of nitrogens with one attached hydrogen (secondary N) is 1. The molecule has 2 N–H and O–H groups in total. The number of rotatable bonds is 9. The number of carbonyl (C=O) groups is 1. The van der Waals surface area contributed by atoms with Gasteiger partial charge < -0.3 is 5.32 Å². The Balaban J connectivity index is 0.000000387. The fraction of sp³-hybridized carbons (Fsp3) is 0.333. The molecule has 0 amide bonds. The maximum absolute atomic E-state index is 11.1. The molecule has 15 nitrogen and oxygen atoms in total. The maximum atomic E-state index is 11.1. The van der Waals surface area contributed by atoms with E-state index in [0.29, 0.717) is 23.8 Å².